The molecule has 3 unspecified atom stereocenters. The van der Waals surface area contributed by atoms with Crippen molar-refractivity contribution in [2.45, 2.75) is 166 Å². The lowest BCUT2D eigenvalue weighted by Crippen LogP contribution is -2.65. The molecule has 0 aromatic heterocycles. The number of nitrogens with zero attached hydrogens (tertiary/aromatic N) is 1. The van der Waals surface area contributed by atoms with E-state index in [0.29, 0.717) is 12.8 Å². The fraction of sp³-hybridized carbons (Fsp3) is 0.800. The lowest BCUT2D eigenvalue weighted by molar-refractivity contribution is -0.340. The Labute approximate surface area is 345 Å². The van der Waals surface area contributed by atoms with Crippen molar-refractivity contribution in [3.63, 3.8) is 0 Å². The van der Waals surface area contributed by atoms with E-state index >= 15 is 0 Å². The van der Waals surface area contributed by atoms with Crippen LogP contribution in [0.3, 0.4) is 0 Å². The molecule has 2 saturated heterocycles. The number of methoxy groups -OCH3 is 1. The third-order valence-electron chi connectivity index (χ3n) is 10.9. The molecule has 0 bridgehead atoms. The van der Waals surface area contributed by atoms with E-state index < -0.39 is 128 Å². The molecule has 0 spiro atoms. The van der Waals surface area contributed by atoms with Gasteiger partial charge in [0.1, 0.15) is 30.7 Å². The Hall–Kier alpha value is -2.92. The number of hydrogen-bond acceptors (Lipinski definition) is 17. The maximum Gasteiger partial charge on any atom is 0.335 e. The highest BCUT2D eigenvalue weighted by atomic mass is 16.7. The van der Waals surface area contributed by atoms with Crippen LogP contribution in [0.15, 0.2) is 24.3 Å². The summed E-state index contributed by atoms with van der Waals surface area (Å²) in [5.41, 5.74) is -0.464. The topological polar surface area (TPSA) is 289 Å². The average Bonchev–Trinajstić information content (AvgIpc) is 3.13. The van der Waals surface area contributed by atoms with Crippen LogP contribution in [0.4, 0.5) is 0 Å². The number of ether oxygens (including phenoxy) is 6. The minimum absolute atomic E-state index is 0.0144. The second-order valence-corrected chi connectivity index (χ2v) is 16.5. The van der Waals surface area contributed by atoms with Crippen LogP contribution in [0.1, 0.15) is 73.6 Å². The van der Waals surface area contributed by atoms with E-state index in [-0.39, 0.29) is 18.8 Å². The quantitative estimate of drug-likeness (QED) is 0.100. The molecule has 340 valence electrons. The summed E-state index contributed by atoms with van der Waals surface area (Å²) in [6.45, 7) is 11.1. The van der Waals surface area contributed by atoms with Gasteiger partial charge in [-0.15, -0.1) is 0 Å². The molecular formula is C40H67NO18. The molecule has 19 nitrogen and oxygen atoms in total. The molecule has 19 heteroatoms. The van der Waals surface area contributed by atoms with E-state index in [1.165, 1.54) is 7.11 Å². The highest BCUT2D eigenvalue weighted by Crippen LogP contribution is 2.39. The van der Waals surface area contributed by atoms with Gasteiger partial charge in [-0.2, -0.15) is 0 Å². The van der Waals surface area contributed by atoms with Crippen LogP contribution in [0.2, 0.25) is 0 Å². The Morgan fingerprint density at radius 3 is 2.07 bits per heavy atom. The Bertz CT molecular complexity index is 1370. The van der Waals surface area contributed by atoms with Crippen molar-refractivity contribution in [1.29, 1.82) is 0 Å². The number of aliphatic hydroxyl groups excluding tert-OH is 6. The summed E-state index contributed by atoms with van der Waals surface area (Å²) < 4.78 is 36.6. The van der Waals surface area contributed by atoms with E-state index in [1.807, 2.05) is 31.7 Å². The third-order valence-corrected chi connectivity index (χ3v) is 10.9. The van der Waals surface area contributed by atoms with Crippen molar-refractivity contribution in [3.8, 4) is 0 Å². The van der Waals surface area contributed by atoms with Gasteiger partial charge in [0, 0.05) is 26.4 Å². The van der Waals surface area contributed by atoms with E-state index in [0.717, 1.165) is 6.29 Å². The summed E-state index contributed by atoms with van der Waals surface area (Å²) in [6, 6.07) is -0.639. The molecule has 3 aliphatic heterocycles. The molecular weight excluding hydrogens is 782 g/mol. The summed E-state index contributed by atoms with van der Waals surface area (Å²) in [5, 5.41) is 77.3. The number of aliphatic carboxylic acids is 2. The van der Waals surface area contributed by atoms with E-state index in [2.05, 4.69) is 0 Å². The first-order chi connectivity index (χ1) is 27.5. The SMILES string of the molecule is COC1[C@H](O)CC(=O)O[C@H](C)C/C=C/C=C/[C@H](O)[C@H](C)C[C@H](CC=O)[C@@H]1O[C@@H]1O[C@H](C)[C@@H](O[C@@H]2CC(C)(C)[C@H](O)[C@@H](C)O2)[C@H](N(C)C)[C@H]1O.O=C(O)C(O)C(O)C(=O)O. The zero-order chi connectivity index (χ0) is 44.9. The summed E-state index contributed by atoms with van der Waals surface area (Å²) in [4.78, 5) is 46.2. The van der Waals surface area contributed by atoms with Crippen molar-refractivity contribution in [3.05, 3.63) is 24.3 Å². The molecule has 2 fully saturated rings. The number of carboxylic acid groups (broad SMARTS) is 2. The standard InChI is InChI=1S/C36H61NO12.C4H6O6/c1-20-17-24(15-16-38)32(33(44-9)26(40)18-27(41)45-21(2)13-11-10-12-14-25(20)39)49-35-30(42)29(37(7)8)31(22(3)47-35)48-28-19-36(5,6)34(43)23(4)46-28;5-1(3(7)8)2(6)4(9)10/h10-12,14,16,20-26,28-35,39-40,42-43H,13,15,17-19H2,1-9H3;1-2,5-6H,(H,7,8)(H,9,10)/b11-10+,14-12+;/t20-,21-,22-,23-,24+,25+,26-,28-,29-,30-,31-,32+,33?,34-,35+;/m1./s1. The van der Waals surface area contributed by atoms with Crippen molar-refractivity contribution < 1.29 is 88.5 Å². The summed E-state index contributed by atoms with van der Waals surface area (Å²) in [7, 11) is 4.98. The van der Waals surface area contributed by atoms with Crippen molar-refractivity contribution in [2.24, 2.45) is 17.3 Å². The predicted octanol–water partition coefficient (Wildman–Crippen LogP) is -0.00180. The largest absolute Gasteiger partial charge is 0.479 e. The monoisotopic (exact) mass is 849 g/mol. The molecule has 0 radical (unpaired) electrons. The third kappa shape index (κ3) is 15.2. The Kier molecular flexibility index (Phi) is 21.2. The van der Waals surface area contributed by atoms with Gasteiger partial charge in [-0.05, 0) is 58.5 Å². The summed E-state index contributed by atoms with van der Waals surface area (Å²) in [5.74, 6) is -5.11. The number of rotatable bonds is 11. The average molecular weight is 850 g/mol. The maximum atomic E-state index is 12.8. The minimum atomic E-state index is -2.27. The first-order valence-electron chi connectivity index (χ1n) is 19.8. The van der Waals surface area contributed by atoms with Crippen LogP contribution in [0, 0.1) is 17.3 Å². The van der Waals surface area contributed by atoms with Gasteiger partial charge in [-0.1, -0.05) is 45.1 Å². The second kappa shape index (κ2) is 23.9. The molecule has 59 heavy (non-hydrogen) atoms. The van der Waals surface area contributed by atoms with Crippen molar-refractivity contribution >= 4 is 24.2 Å². The minimum Gasteiger partial charge on any atom is -0.479 e. The van der Waals surface area contributed by atoms with Gasteiger partial charge in [0.05, 0.1) is 49.1 Å². The van der Waals surface area contributed by atoms with Gasteiger partial charge in [-0.25, -0.2) is 9.59 Å². The Morgan fingerprint density at radius 2 is 1.54 bits per heavy atom. The predicted molar refractivity (Wildman–Crippen MR) is 207 cm³/mol. The van der Waals surface area contributed by atoms with Gasteiger partial charge >= 0.3 is 17.9 Å². The lowest BCUT2D eigenvalue weighted by Gasteiger charge is -2.50. The van der Waals surface area contributed by atoms with Gasteiger partial charge in [0.2, 0.25) is 0 Å². The number of aldehydes is 1. The second-order valence-electron chi connectivity index (χ2n) is 16.5. The molecule has 0 aliphatic carbocycles. The molecule has 0 amide bonds. The normalized spacial score (nSPS) is 39.4. The lowest BCUT2D eigenvalue weighted by atomic mass is 9.78. The first-order valence-corrected chi connectivity index (χ1v) is 19.8. The number of carbonyl (C=O) groups is 4. The van der Waals surface area contributed by atoms with Crippen LogP contribution in [-0.2, 0) is 47.6 Å². The van der Waals surface area contributed by atoms with Gasteiger partial charge < -0.3 is 79.0 Å². The fourth-order valence-corrected chi connectivity index (χ4v) is 7.53. The molecule has 0 saturated carbocycles. The number of allylic oxidation sites excluding steroid dienone is 2. The molecule has 17 atom stereocenters. The van der Waals surface area contributed by atoms with E-state index in [9.17, 15) is 39.6 Å². The molecule has 8 N–H and O–H groups in total. The van der Waals surface area contributed by atoms with E-state index in [4.69, 9.17) is 48.8 Å². The number of hydrogen-bond donors (Lipinski definition) is 8. The van der Waals surface area contributed by atoms with Crippen LogP contribution >= 0.6 is 0 Å². The van der Waals surface area contributed by atoms with Crippen molar-refractivity contribution in [2.75, 3.05) is 21.2 Å². The highest BCUT2D eigenvalue weighted by Gasteiger charge is 2.51. The smallest absolute Gasteiger partial charge is 0.335 e. The molecule has 0 aromatic rings. The zero-order valence-corrected chi connectivity index (χ0v) is 35.3. The molecule has 3 aliphatic rings. The number of carboxylic acids is 2. The van der Waals surface area contributed by atoms with Crippen molar-refractivity contribution in [1.82, 2.24) is 4.90 Å². The number of likely N-dealkylation sites (N-methyl/N-ethyl adjacent to an activating group) is 1. The number of aliphatic hydroxyl groups is 6. The Balaban J connectivity index is 0.00000106. The van der Waals surface area contributed by atoms with Gasteiger partial charge in [0.25, 0.3) is 0 Å². The van der Waals surface area contributed by atoms with Crippen LogP contribution < -0.4 is 0 Å². The van der Waals surface area contributed by atoms with Gasteiger partial charge in [-0.3, -0.25) is 4.79 Å². The van der Waals surface area contributed by atoms with E-state index in [1.54, 1.807) is 53.1 Å². The van der Waals surface area contributed by atoms with Crippen LogP contribution in [0.5, 0.6) is 0 Å². The maximum absolute atomic E-state index is 12.8. The summed E-state index contributed by atoms with van der Waals surface area (Å²) in [6.07, 6.45) is -6.57. The van der Waals surface area contributed by atoms with Gasteiger partial charge in [0.15, 0.2) is 24.8 Å². The fourth-order valence-electron chi connectivity index (χ4n) is 7.53. The Morgan fingerprint density at radius 1 is 0.932 bits per heavy atom. The van der Waals surface area contributed by atoms with Crippen LogP contribution in [-0.4, -0.2) is 183 Å². The van der Waals surface area contributed by atoms with Crippen LogP contribution in [0.25, 0.3) is 0 Å². The molecule has 0 aromatic carbocycles. The molecule has 3 heterocycles. The number of carbonyl (C=O) groups excluding carboxylic acids is 2. The first kappa shape index (κ1) is 52.2. The number of esters is 1. The zero-order valence-electron chi connectivity index (χ0n) is 35.3. The molecule has 3 rings (SSSR count). The highest BCUT2D eigenvalue weighted by molar-refractivity contribution is 5.83. The summed E-state index contributed by atoms with van der Waals surface area (Å²) >= 11 is 0. The number of cyclic esters (lactones) is 1.